The van der Waals surface area contributed by atoms with Crippen LogP contribution in [0.2, 0.25) is 0 Å². The summed E-state index contributed by atoms with van der Waals surface area (Å²) in [6, 6.07) is 6.30. The molecule has 3 fully saturated rings. The number of likely N-dealkylation sites (tertiary alicyclic amines) is 1. The van der Waals surface area contributed by atoms with Gasteiger partial charge in [-0.3, -0.25) is 25.0 Å². The van der Waals surface area contributed by atoms with E-state index in [0.717, 1.165) is 50.3 Å². The number of nitrogens with one attached hydrogen (secondary N) is 2. The van der Waals surface area contributed by atoms with Crippen LogP contribution in [0.1, 0.15) is 78.2 Å². The summed E-state index contributed by atoms with van der Waals surface area (Å²) in [6.45, 7) is 2.82. The van der Waals surface area contributed by atoms with Crippen LogP contribution in [0.5, 0.6) is 0 Å². The molecule has 7 rings (SSSR count). The summed E-state index contributed by atoms with van der Waals surface area (Å²) in [6.07, 6.45) is 4.63. The van der Waals surface area contributed by atoms with E-state index in [1.165, 1.54) is 6.20 Å². The van der Waals surface area contributed by atoms with Gasteiger partial charge in [0.1, 0.15) is 17.8 Å². The number of nitrogens with zero attached hydrogens (tertiary/aromatic N) is 6. The highest BCUT2D eigenvalue weighted by Crippen LogP contribution is 2.46. The molecule has 1 aliphatic heterocycles. The maximum Gasteiger partial charge on any atom is 0.418 e. The van der Waals surface area contributed by atoms with Crippen LogP contribution in [0.3, 0.4) is 0 Å². The van der Waals surface area contributed by atoms with Gasteiger partial charge in [-0.15, -0.1) is 0 Å². The molecular weight excluding hydrogens is 693 g/mol. The summed E-state index contributed by atoms with van der Waals surface area (Å²) in [4.78, 5) is 49.4. The third-order valence-electron chi connectivity index (χ3n) is 10.4. The van der Waals surface area contributed by atoms with Crippen molar-refractivity contribution in [3.8, 4) is 11.3 Å². The van der Waals surface area contributed by atoms with Crippen molar-refractivity contribution in [1.82, 2.24) is 29.8 Å². The van der Waals surface area contributed by atoms with Crippen molar-refractivity contribution in [3.05, 3.63) is 59.2 Å². The van der Waals surface area contributed by atoms with Gasteiger partial charge in [-0.2, -0.15) is 18.2 Å². The number of aromatic amines is 1. The molecule has 1 amide bonds. The number of methoxy groups -OCH3 is 1. The van der Waals surface area contributed by atoms with Crippen molar-refractivity contribution in [2.75, 3.05) is 57.2 Å². The van der Waals surface area contributed by atoms with Gasteiger partial charge in [-0.25, -0.2) is 9.78 Å². The number of carbonyl (C=O) groups excluding carboxylic acids is 1. The van der Waals surface area contributed by atoms with Crippen molar-refractivity contribution >= 4 is 34.7 Å². The lowest BCUT2D eigenvalue weighted by Crippen LogP contribution is -2.37. The fourth-order valence-electron chi connectivity index (χ4n) is 7.72. The van der Waals surface area contributed by atoms with Crippen LogP contribution in [-0.2, 0) is 27.0 Å². The van der Waals surface area contributed by atoms with Crippen LogP contribution in [0, 0.1) is 5.41 Å². The zero-order chi connectivity index (χ0) is 37.3. The zero-order valence-electron chi connectivity index (χ0n) is 29.7. The van der Waals surface area contributed by atoms with Crippen LogP contribution in [-0.4, -0.2) is 99.9 Å². The number of amides is 1. The molecule has 1 atom stereocenters. The molecule has 0 radical (unpaired) electrons. The van der Waals surface area contributed by atoms with Crippen molar-refractivity contribution in [1.29, 1.82) is 0 Å². The minimum absolute atomic E-state index is 0.0705. The lowest BCUT2D eigenvalue weighted by molar-refractivity contribution is -0.144. The summed E-state index contributed by atoms with van der Waals surface area (Å²) in [5.41, 5.74) is 2.21. The topological polar surface area (TPSA) is 159 Å². The van der Waals surface area contributed by atoms with E-state index in [-0.39, 0.29) is 58.3 Å². The van der Waals surface area contributed by atoms with Crippen molar-refractivity contribution < 1.29 is 37.3 Å². The number of aromatic nitrogens is 5. The van der Waals surface area contributed by atoms with E-state index in [9.17, 15) is 22.8 Å². The lowest BCUT2D eigenvalue weighted by atomic mass is 9.86. The normalized spacial score (nSPS) is 18.8. The number of aliphatic carboxylic acids is 1. The Balaban J connectivity index is 1.14. The van der Waals surface area contributed by atoms with Crippen LogP contribution in [0.4, 0.5) is 24.8 Å². The van der Waals surface area contributed by atoms with Crippen molar-refractivity contribution in [3.63, 3.8) is 0 Å². The number of alkyl halides is 3. The number of anilines is 2. The van der Waals surface area contributed by atoms with Gasteiger partial charge < -0.3 is 24.5 Å². The highest BCUT2D eigenvalue weighted by molar-refractivity contribution is 6.03. The fourth-order valence-corrected chi connectivity index (χ4v) is 7.72. The molecule has 5 heterocycles. The summed E-state index contributed by atoms with van der Waals surface area (Å²) >= 11 is 0. The molecule has 0 bridgehead atoms. The molecule has 1 saturated heterocycles. The van der Waals surface area contributed by atoms with E-state index in [1.54, 1.807) is 25.4 Å². The first-order valence-corrected chi connectivity index (χ1v) is 17.9. The van der Waals surface area contributed by atoms with E-state index < -0.39 is 23.6 Å². The third-order valence-corrected chi connectivity index (χ3v) is 10.4. The van der Waals surface area contributed by atoms with E-state index in [2.05, 4.69) is 40.0 Å². The maximum atomic E-state index is 14.2. The van der Waals surface area contributed by atoms with Gasteiger partial charge in [0.25, 0.3) is 5.91 Å². The molecule has 4 aromatic rings. The Hall–Kier alpha value is -4.67. The number of hydrogen-bond acceptors (Lipinski definition) is 10. The Morgan fingerprint density at radius 1 is 1.11 bits per heavy atom. The Morgan fingerprint density at radius 3 is 2.58 bits per heavy atom. The molecule has 4 aromatic heterocycles. The highest BCUT2D eigenvalue weighted by Gasteiger charge is 2.40. The Morgan fingerprint density at radius 2 is 1.91 bits per heavy atom. The monoisotopic (exact) mass is 736 g/mol. The minimum Gasteiger partial charge on any atom is -0.480 e. The van der Waals surface area contributed by atoms with Gasteiger partial charge in [-0.1, -0.05) is 18.9 Å². The standard InChI is InChI=1S/C37H43F3N8O5/c1-47(20-36(21-52-2)10-3-4-11-36)29-14-28(24-13-26(37(38,39)40)31(42-16-24)23-6-7-23)43-33-32(29)44-35(45-33)46-34(51)27-8-5-22(15-41-27)17-48-12-9-25(18-48)53-19-30(49)50/h5,8,13-16,23,25H,3-4,6-7,9-12,17-21H2,1-2H3,(H,49,50)(H2,43,44,45,46,51)/t25-/m0/s1. The SMILES string of the molecule is COCC1(CN(C)c2cc(-c3cnc(C4CC4)c(C(F)(F)F)c3)nc3nc(NC(=O)c4ccc(CN5CC[C@H](OCC(=O)O)C5)cn4)[nH]c23)CCCC1. The molecule has 0 spiro atoms. The fraction of sp³-hybridized carbons (Fsp3) is 0.514. The second-order valence-electron chi connectivity index (χ2n) is 14.6. The van der Waals surface area contributed by atoms with Gasteiger partial charge in [0.2, 0.25) is 5.95 Å². The first kappa shape index (κ1) is 36.7. The van der Waals surface area contributed by atoms with E-state index in [4.69, 9.17) is 14.6 Å². The Bertz CT molecular complexity index is 1960. The van der Waals surface area contributed by atoms with Crippen LogP contribution in [0.15, 0.2) is 36.7 Å². The predicted molar refractivity (Wildman–Crippen MR) is 190 cm³/mol. The molecule has 0 aromatic carbocycles. The summed E-state index contributed by atoms with van der Waals surface area (Å²) < 4.78 is 53.7. The number of H-pyrrole nitrogens is 1. The van der Waals surface area contributed by atoms with Crippen LogP contribution >= 0.6 is 0 Å². The molecule has 2 aliphatic carbocycles. The predicted octanol–water partition coefficient (Wildman–Crippen LogP) is 5.88. The van der Waals surface area contributed by atoms with Gasteiger partial charge in [0.05, 0.1) is 35.3 Å². The smallest absolute Gasteiger partial charge is 0.418 e. The zero-order valence-corrected chi connectivity index (χ0v) is 29.7. The molecule has 2 saturated carbocycles. The van der Waals surface area contributed by atoms with Crippen LogP contribution < -0.4 is 10.2 Å². The molecule has 16 heteroatoms. The maximum absolute atomic E-state index is 14.2. The largest absolute Gasteiger partial charge is 0.480 e. The lowest BCUT2D eigenvalue weighted by Gasteiger charge is -2.34. The number of fused-ring (bicyclic) bond motifs is 1. The van der Waals surface area contributed by atoms with Crippen LogP contribution in [0.25, 0.3) is 22.4 Å². The number of carboxylic acids is 1. The number of carbonyl (C=O) groups is 2. The Labute approximate surface area is 304 Å². The first-order chi connectivity index (χ1) is 25.4. The quantitative estimate of drug-likeness (QED) is 0.142. The summed E-state index contributed by atoms with van der Waals surface area (Å²) in [7, 11) is 3.62. The molecular formula is C37H43F3N8O5. The number of hydrogen-bond donors (Lipinski definition) is 3. The number of halogens is 3. The van der Waals surface area contributed by atoms with Crippen molar-refractivity contribution in [2.45, 2.75) is 69.7 Å². The molecule has 13 nitrogen and oxygen atoms in total. The number of carboxylic acid groups (broad SMARTS) is 1. The molecule has 3 N–H and O–H groups in total. The second kappa shape index (κ2) is 15.0. The van der Waals surface area contributed by atoms with Gasteiger partial charge in [-0.05, 0) is 55.9 Å². The highest BCUT2D eigenvalue weighted by atomic mass is 19.4. The Kier molecular flexibility index (Phi) is 10.4. The molecule has 0 unspecified atom stereocenters. The summed E-state index contributed by atoms with van der Waals surface area (Å²) in [5.74, 6) is -1.57. The third kappa shape index (κ3) is 8.44. The molecule has 53 heavy (non-hydrogen) atoms. The number of ether oxygens (including phenoxy) is 2. The molecule has 3 aliphatic rings. The van der Waals surface area contributed by atoms with Gasteiger partial charge in [0.15, 0.2) is 5.65 Å². The van der Waals surface area contributed by atoms with E-state index in [0.29, 0.717) is 50.3 Å². The average Bonchev–Trinajstić information content (AvgIpc) is 3.48. The second-order valence-corrected chi connectivity index (χ2v) is 14.6. The number of imidazole rings is 1. The molecule has 282 valence electrons. The van der Waals surface area contributed by atoms with Crippen molar-refractivity contribution in [2.24, 2.45) is 5.41 Å². The van der Waals surface area contributed by atoms with E-state index in [1.807, 2.05) is 13.1 Å². The number of pyridine rings is 3. The summed E-state index contributed by atoms with van der Waals surface area (Å²) in [5, 5.41) is 11.6. The average molecular weight is 737 g/mol. The van der Waals surface area contributed by atoms with Gasteiger partial charge >= 0.3 is 12.1 Å². The first-order valence-electron chi connectivity index (χ1n) is 17.9. The van der Waals surface area contributed by atoms with E-state index >= 15 is 0 Å². The minimum atomic E-state index is -4.56. The number of rotatable bonds is 14. The van der Waals surface area contributed by atoms with Gasteiger partial charge in [0, 0.05) is 69.6 Å².